The Hall–Kier alpha value is -1.49. The quantitative estimate of drug-likeness (QED) is 0.607. The first-order chi connectivity index (χ1) is 13.6. The van der Waals surface area contributed by atoms with E-state index in [4.69, 9.17) is 11.6 Å². The molecule has 0 unspecified atom stereocenters. The topological polar surface area (TPSA) is 23.6 Å². The lowest BCUT2D eigenvalue weighted by atomic mass is 10.0. The molecule has 3 nitrogen and oxygen atoms in total. The van der Waals surface area contributed by atoms with Crippen molar-refractivity contribution in [3.63, 3.8) is 0 Å². The van der Waals surface area contributed by atoms with Crippen LogP contribution in [-0.2, 0) is 4.79 Å². The van der Waals surface area contributed by atoms with E-state index < -0.39 is 0 Å². The van der Waals surface area contributed by atoms with Crippen LogP contribution >= 0.6 is 23.4 Å². The van der Waals surface area contributed by atoms with Crippen LogP contribution in [-0.4, -0.2) is 54.7 Å². The molecule has 150 valence electrons. The van der Waals surface area contributed by atoms with E-state index >= 15 is 0 Å². The molecule has 2 atom stereocenters. The molecular weight excluding hydrogens is 388 g/mol. The maximum atomic E-state index is 12.8. The molecule has 0 aliphatic carbocycles. The van der Waals surface area contributed by atoms with Gasteiger partial charge in [0.05, 0.1) is 11.0 Å². The second-order valence-electron chi connectivity index (χ2n) is 7.50. The van der Waals surface area contributed by atoms with E-state index in [0.717, 1.165) is 37.6 Å². The van der Waals surface area contributed by atoms with Gasteiger partial charge in [0.15, 0.2) is 0 Å². The molecule has 1 heterocycles. The highest BCUT2D eigenvalue weighted by atomic mass is 35.5. The number of carbonyl (C=O) groups excluding carboxylic acids is 1. The Balaban J connectivity index is 1.62. The molecule has 1 amide bonds. The Morgan fingerprint density at radius 3 is 2.54 bits per heavy atom. The Kier molecular flexibility index (Phi) is 7.83. The molecule has 0 spiro atoms. The minimum atomic E-state index is 0.132. The smallest absolute Gasteiger partial charge is 0.232 e. The number of thioether (sulfide) groups is 1. The second kappa shape index (κ2) is 10.3. The predicted octanol–water partition coefficient (Wildman–Crippen LogP) is 4.96. The molecule has 1 saturated heterocycles. The lowest BCUT2D eigenvalue weighted by molar-refractivity contribution is -0.127. The molecule has 5 heteroatoms. The number of nitrogens with zero attached hydrogens (tertiary/aromatic N) is 2. The van der Waals surface area contributed by atoms with Gasteiger partial charge in [-0.25, -0.2) is 0 Å². The standard InChI is InChI=1S/C23H29ClN2OS/c1-3-25(2)15-18-13-14-26(16-18)22(27)17-28-23(19-7-5-4-6-8-19)20-9-11-21(24)12-10-20/h4-12,18,23H,3,13-17H2,1-2H3/t18-,23-/m0/s1. The van der Waals surface area contributed by atoms with Crippen LogP contribution in [0.15, 0.2) is 54.6 Å². The summed E-state index contributed by atoms with van der Waals surface area (Å²) in [7, 11) is 2.15. The predicted molar refractivity (Wildman–Crippen MR) is 120 cm³/mol. The molecule has 0 N–H and O–H groups in total. The third-order valence-electron chi connectivity index (χ3n) is 5.40. The number of carbonyl (C=O) groups is 1. The van der Waals surface area contributed by atoms with Gasteiger partial charge in [0, 0.05) is 24.7 Å². The van der Waals surface area contributed by atoms with Gasteiger partial charge in [-0.05, 0) is 49.2 Å². The number of rotatable bonds is 8. The lowest BCUT2D eigenvalue weighted by Crippen LogP contribution is -2.32. The molecule has 2 aromatic carbocycles. The lowest BCUT2D eigenvalue weighted by Gasteiger charge is -2.22. The Labute approximate surface area is 178 Å². The summed E-state index contributed by atoms with van der Waals surface area (Å²) in [5.41, 5.74) is 2.39. The first-order valence-corrected chi connectivity index (χ1v) is 11.4. The number of hydrogen-bond donors (Lipinski definition) is 0. The van der Waals surface area contributed by atoms with Gasteiger partial charge in [0.2, 0.25) is 5.91 Å². The number of halogens is 1. The van der Waals surface area contributed by atoms with Gasteiger partial charge in [-0.15, -0.1) is 11.8 Å². The van der Waals surface area contributed by atoms with Crippen molar-refractivity contribution in [2.75, 3.05) is 39.0 Å². The van der Waals surface area contributed by atoms with E-state index in [2.05, 4.69) is 55.3 Å². The van der Waals surface area contributed by atoms with Gasteiger partial charge in [-0.3, -0.25) is 4.79 Å². The fourth-order valence-corrected chi connectivity index (χ4v) is 4.99. The summed E-state index contributed by atoms with van der Waals surface area (Å²) in [6.07, 6.45) is 1.11. The Morgan fingerprint density at radius 1 is 1.18 bits per heavy atom. The SMILES string of the molecule is CCN(C)C[C@@H]1CCN(C(=O)CS[C@@H](c2ccccc2)c2ccc(Cl)cc2)C1. The normalized spacial score (nSPS) is 17.9. The van der Waals surface area contributed by atoms with Gasteiger partial charge in [0.25, 0.3) is 0 Å². The van der Waals surface area contributed by atoms with Crippen LogP contribution < -0.4 is 0 Å². The fourth-order valence-electron chi connectivity index (χ4n) is 3.67. The molecular formula is C23H29ClN2OS. The van der Waals surface area contributed by atoms with Crippen molar-refractivity contribution in [3.8, 4) is 0 Å². The van der Waals surface area contributed by atoms with Crippen molar-refractivity contribution < 1.29 is 4.79 Å². The molecule has 0 aromatic heterocycles. The Bertz CT molecular complexity index is 753. The summed E-state index contributed by atoms with van der Waals surface area (Å²) in [4.78, 5) is 17.2. The molecule has 0 saturated carbocycles. The average molecular weight is 417 g/mol. The minimum Gasteiger partial charge on any atom is -0.342 e. The number of benzene rings is 2. The van der Waals surface area contributed by atoms with Crippen molar-refractivity contribution in [2.45, 2.75) is 18.6 Å². The van der Waals surface area contributed by atoms with E-state index in [1.807, 2.05) is 23.1 Å². The van der Waals surface area contributed by atoms with Crippen LogP contribution in [0.3, 0.4) is 0 Å². The van der Waals surface area contributed by atoms with Crippen LogP contribution in [0.2, 0.25) is 5.02 Å². The maximum Gasteiger partial charge on any atom is 0.232 e. The summed E-state index contributed by atoms with van der Waals surface area (Å²) in [5, 5.41) is 0.865. The molecule has 2 aromatic rings. The first kappa shape index (κ1) is 21.2. The molecule has 0 radical (unpaired) electrons. The fraction of sp³-hybridized carbons (Fsp3) is 0.435. The van der Waals surface area contributed by atoms with Gasteiger partial charge < -0.3 is 9.80 Å². The summed E-state index contributed by atoms with van der Waals surface area (Å²) >= 11 is 7.77. The highest BCUT2D eigenvalue weighted by Crippen LogP contribution is 2.36. The Morgan fingerprint density at radius 2 is 1.86 bits per heavy atom. The van der Waals surface area contributed by atoms with Gasteiger partial charge >= 0.3 is 0 Å². The zero-order valence-electron chi connectivity index (χ0n) is 16.7. The van der Waals surface area contributed by atoms with E-state index in [0.29, 0.717) is 11.7 Å². The van der Waals surface area contributed by atoms with Gasteiger partial charge in [0.1, 0.15) is 0 Å². The molecule has 1 aliphatic rings. The molecule has 3 rings (SSSR count). The molecule has 0 bridgehead atoms. The van der Waals surface area contributed by atoms with E-state index in [9.17, 15) is 4.79 Å². The van der Waals surface area contributed by atoms with Crippen LogP contribution in [0.4, 0.5) is 0 Å². The van der Waals surface area contributed by atoms with E-state index in [-0.39, 0.29) is 11.2 Å². The van der Waals surface area contributed by atoms with Crippen LogP contribution in [0.5, 0.6) is 0 Å². The van der Waals surface area contributed by atoms with E-state index in [1.54, 1.807) is 11.8 Å². The van der Waals surface area contributed by atoms with Crippen molar-refractivity contribution >= 4 is 29.3 Å². The third-order valence-corrected chi connectivity index (χ3v) is 6.94. The van der Waals surface area contributed by atoms with Crippen LogP contribution in [0, 0.1) is 5.92 Å². The summed E-state index contributed by atoms with van der Waals surface area (Å²) < 4.78 is 0. The number of amides is 1. The third kappa shape index (κ3) is 5.76. The van der Waals surface area contributed by atoms with E-state index in [1.165, 1.54) is 11.1 Å². The van der Waals surface area contributed by atoms with Crippen molar-refractivity contribution in [3.05, 3.63) is 70.7 Å². The summed E-state index contributed by atoms with van der Waals surface area (Å²) in [6.45, 7) is 6.08. The number of hydrogen-bond acceptors (Lipinski definition) is 3. The van der Waals surface area contributed by atoms with Gasteiger partial charge in [-0.2, -0.15) is 0 Å². The number of likely N-dealkylation sites (tertiary alicyclic amines) is 1. The zero-order chi connectivity index (χ0) is 19.9. The van der Waals surface area contributed by atoms with Crippen LogP contribution in [0.1, 0.15) is 29.7 Å². The molecule has 1 fully saturated rings. The van der Waals surface area contributed by atoms with Crippen molar-refractivity contribution in [1.29, 1.82) is 0 Å². The maximum absolute atomic E-state index is 12.8. The van der Waals surface area contributed by atoms with Gasteiger partial charge in [-0.1, -0.05) is 61.0 Å². The highest BCUT2D eigenvalue weighted by Gasteiger charge is 2.27. The largest absolute Gasteiger partial charge is 0.342 e. The average Bonchev–Trinajstić information content (AvgIpc) is 3.18. The minimum absolute atomic E-state index is 0.132. The summed E-state index contributed by atoms with van der Waals surface area (Å²) in [6, 6.07) is 18.3. The second-order valence-corrected chi connectivity index (χ2v) is 9.03. The molecule has 1 aliphatic heterocycles. The summed E-state index contributed by atoms with van der Waals surface area (Å²) in [5.74, 6) is 1.35. The van der Waals surface area contributed by atoms with Crippen LogP contribution in [0.25, 0.3) is 0 Å². The monoisotopic (exact) mass is 416 g/mol. The van der Waals surface area contributed by atoms with Crippen molar-refractivity contribution in [2.24, 2.45) is 5.92 Å². The zero-order valence-corrected chi connectivity index (χ0v) is 18.3. The molecule has 28 heavy (non-hydrogen) atoms. The highest BCUT2D eigenvalue weighted by molar-refractivity contribution is 8.00. The first-order valence-electron chi connectivity index (χ1n) is 9.95. The van der Waals surface area contributed by atoms with Crippen molar-refractivity contribution in [1.82, 2.24) is 9.80 Å².